The Hall–Kier alpha value is -3.70. The number of thiazole rings is 1. The second-order valence-corrected chi connectivity index (χ2v) is 9.67. The SMILES string of the molecule is CN1C(=C(C#N)C(=O)CCC(=O)N2CCCC2c2nc3ccccc3s2)N(C)c2ccccc21. The quantitative estimate of drug-likeness (QED) is 0.399. The molecule has 1 amide bonds. The van der Waals surface area contributed by atoms with Crippen LogP contribution in [-0.4, -0.2) is 42.2 Å². The van der Waals surface area contributed by atoms with Gasteiger partial charge in [-0.05, 0) is 37.1 Å². The summed E-state index contributed by atoms with van der Waals surface area (Å²) in [6.07, 6.45) is 1.88. The van der Waals surface area contributed by atoms with Crippen molar-refractivity contribution in [1.82, 2.24) is 9.88 Å². The lowest BCUT2D eigenvalue weighted by atomic mass is 10.1. The number of benzene rings is 2. The molecule has 0 spiro atoms. The van der Waals surface area contributed by atoms with Gasteiger partial charge in [0.1, 0.15) is 22.5 Å². The lowest BCUT2D eigenvalue weighted by molar-refractivity contribution is -0.133. The van der Waals surface area contributed by atoms with Gasteiger partial charge in [0.05, 0.1) is 27.6 Å². The summed E-state index contributed by atoms with van der Waals surface area (Å²) in [6, 6.07) is 17.8. The highest BCUT2D eigenvalue weighted by Crippen LogP contribution is 2.41. The third kappa shape index (κ3) is 3.72. The third-order valence-electron chi connectivity index (χ3n) is 6.59. The van der Waals surface area contributed by atoms with Crippen molar-refractivity contribution in [2.24, 2.45) is 0 Å². The maximum atomic E-state index is 13.1. The van der Waals surface area contributed by atoms with Crippen LogP contribution < -0.4 is 9.80 Å². The Morgan fingerprint density at radius 1 is 1.06 bits per heavy atom. The number of hydrogen-bond acceptors (Lipinski definition) is 7. The Kier molecular flexibility index (Phi) is 5.80. The van der Waals surface area contributed by atoms with E-state index >= 15 is 0 Å². The molecule has 0 radical (unpaired) electrons. The highest BCUT2D eigenvalue weighted by molar-refractivity contribution is 7.18. The number of hydrogen-bond donors (Lipinski definition) is 0. The molecule has 2 aliphatic rings. The lowest BCUT2D eigenvalue weighted by Crippen LogP contribution is -2.31. The Morgan fingerprint density at radius 2 is 1.74 bits per heavy atom. The van der Waals surface area contributed by atoms with E-state index < -0.39 is 0 Å². The van der Waals surface area contributed by atoms with E-state index in [1.807, 2.05) is 77.3 Å². The van der Waals surface area contributed by atoms with Gasteiger partial charge in [0.25, 0.3) is 0 Å². The number of Topliss-reactive ketones (excluding diaryl/α,β-unsaturated/α-hetero) is 1. The van der Waals surface area contributed by atoms with Crippen LogP contribution in [0.4, 0.5) is 11.4 Å². The second-order valence-electron chi connectivity index (χ2n) is 8.61. The molecule has 5 rings (SSSR count). The molecule has 0 saturated carbocycles. The Morgan fingerprint density at radius 3 is 2.41 bits per heavy atom. The standard InChI is InChI=1S/C26H25N5O2S/c1-29-19-9-4-5-10-20(19)30(2)26(29)17(16-27)22(32)13-14-24(33)31-15-7-11-21(31)25-28-18-8-3-6-12-23(18)34-25/h3-6,8-10,12,21H,7,11,13-15H2,1-2H3. The van der Waals surface area contributed by atoms with Crippen molar-refractivity contribution in [2.75, 3.05) is 30.4 Å². The summed E-state index contributed by atoms with van der Waals surface area (Å²) in [5.74, 6) is 0.177. The van der Waals surface area contributed by atoms with Crippen LogP contribution in [0.5, 0.6) is 0 Å². The summed E-state index contributed by atoms with van der Waals surface area (Å²) in [6.45, 7) is 0.667. The van der Waals surface area contributed by atoms with Gasteiger partial charge in [-0.25, -0.2) is 4.98 Å². The van der Waals surface area contributed by atoms with Crippen LogP contribution in [0.2, 0.25) is 0 Å². The zero-order chi connectivity index (χ0) is 23.8. The van der Waals surface area contributed by atoms with E-state index in [2.05, 4.69) is 6.07 Å². The fraction of sp³-hybridized carbons (Fsp3) is 0.308. The number of allylic oxidation sites excluding steroid dienone is 1. The van der Waals surface area contributed by atoms with Gasteiger partial charge < -0.3 is 14.7 Å². The molecule has 1 fully saturated rings. The third-order valence-corrected chi connectivity index (χ3v) is 7.73. The van der Waals surface area contributed by atoms with E-state index in [0.717, 1.165) is 39.4 Å². The van der Waals surface area contributed by atoms with Crippen LogP contribution in [0.3, 0.4) is 0 Å². The maximum absolute atomic E-state index is 13.1. The number of fused-ring (bicyclic) bond motifs is 2. The van der Waals surface area contributed by atoms with Crippen LogP contribution in [-0.2, 0) is 9.59 Å². The minimum atomic E-state index is -0.312. The first-order valence-corrected chi connectivity index (χ1v) is 12.2. The minimum Gasteiger partial charge on any atom is -0.333 e. The highest BCUT2D eigenvalue weighted by Gasteiger charge is 2.34. The summed E-state index contributed by atoms with van der Waals surface area (Å²) in [5.41, 5.74) is 2.91. The molecule has 172 valence electrons. The van der Waals surface area contributed by atoms with Gasteiger partial charge in [0.2, 0.25) is 5.91 Å². The molecule has 1 aromatic heterocycles. The van der Waals surface area contributed by atoms with Gasteiger partial charge in [-0.3, -0.25) is 9.59 Å². The largest absolute Gasteiger partial charge is 0.333 e. The topological polar surface area (TPSA) is 80.5 Å². The smallest absolute Gasteiger partial charge is 0.223 e. The fourth-order valence-electron chi connectivity index (χ4n) is 4.90. The molecule has 2 aliphatic heterocycles. The van der Waals surface area contributed by atoms with Crippen molar-refractivity contribution < 1.29 is 9.59 Å². The van der Waals surface area contributed by atoms with Gasteiger partial charge in [0.15, 0.2) is 5.78 Å². The zero-order valence-corrected chi connectivity index (χ0v) is 20.0. The number of nitrogens with zero attached hydrogens (tertiary/aromatic N) is 5. The number of amides is 1. The molecule has 0 aliphatic carbocycles. The number of likely N-dealkylation sites (tertiary alicyclic amines) is 1. The van der Waals surface area contributed by atoms with E-state index in [-0.39, 0.29) is 36.1 Å². The van der Waals surface area contributed by atoms with Gasteiger partial charge in [-0.1, -0.05) is 24.3 Å². The molecule has 7 nitrogen and oxygen atoms in total. The Labute approximate surface area is 202 Å². The van der Waals surface area contributed by atoms with Gasteiger partial charge in [-0.2, -0.15) is 5.26 Å². The Balaban J connectivity index is 1.30. The predicted molar refractivity (Wildman–Crippen MR) is 133 cm³/mol. The first kappa shape index (κ1) is 22.1. The average Bonchev–Trinajstić information content (AvgIpc) is 3.56. The van der Waals surface area contributed by atoms with Crippen LogP contribution in [0.15, 0.2) is 59.9 Å². The summed E-state index contributed by atoms with van der Waals surface area (Å²) >= 11 is 1.63. The molecule has 0 bridgehead atoms. The first-order chi connectivity index (χ1) is 16.5. The molecular weight excluding hydrogens is 446 g/mol. The molecule has 3 aromatic rings. The molecule has 1 saturated heterocycles. The summed E-state index contributed by atoms with van der Waals surface area (Å²) in [5, 5.41) is 10.8. The normalized spacial score (nSPS) is 17.3. The van der Waals surface area contributed by atoms with Crippen molar-refractivity contribution in [3.8, 4) is 6.07 Å². The number of para-hydroxylation sites is 3. The molecule has 8 heteroatoms. The molecule has 34 heavy (non-hydrogen) atoms. The van der Waals surface area contributed by atoms with Crippen LogP contribution in [0, 0.1) is 11.3 Å². The van der Waals surface area contributed by atoms with Crippen LogP contribution >= 0.6 is 11.3 Å². The number of rotatable bonds is 5. The number of nitriles is 1. The van der Waals surface area contributed by atoms with Crippen molar-refractivity contribution in [3.63, 3.8) is 0 Å². The molecule has 3 heterocycles. The molecular formula is C26H25N5O2S. The summed E-state index contributed by atoms with van der Waals surface area (Å²) < 4.78 is 1.11. The molecule has 2 aromatic carbocycles. The minimum absolute atomic E-state index is 0.00627. The summed E-state index contributed by atoms with van der Waals surface area (Å²) in [7, 11) is 3.69. The maximum Gasteiger partial charge on any atom is 0.223 e. The summed E-state index contributed by atoms with van der Waals surface area (Å²) in [4.78, 5) is 36.5. The highest BCUT2D eigenvalue weighted by atomic mass is 32.1. The predicted octanol–water partition coefficient (Wildman–Crippen LogP) is 4.63. The molecule has 1 unspecified atom stereocenters. The second kappa shape index (κ2) is 8.92. The van der Waals surface area contributed by atoms with Crippen molar-refractivity contribution in [1.29, 1.82) is 5.26 Å². The number of carbonyl (C=O) groups excluding carboxylic acids is 2. The average molecular weight is 472 g/mol. The molecule has 0 N–H and O–H groups in total. The van der Waals surface area contributed by atoms with E-state index in [9.17, 15) is 14.9 Å². The van der Waals surface area contributed by atoms with Gasteiger partial charge in [-0.15, -0.1) is 11.3 Å². The number of ketones is 1. The van der Waals surface area contributed by atoms with E-state index in [1.165, 1.54) is 0 Å². The Bertz CT molecular complexity index is 1290. The number of aromatic nitrogens is 1. The number of anilines is 2. The van der Waals surface area contributed by atoms with Crippen molar-refractivity contribution >= 4 is 44.6 Å². The van der Waals surface area contributed by atoms with E-state index in [4.69, 9.17) is 4.98 Å². The molecule has 1 atom stereocenters. The van der Waals surface area contributed by atoms with Gasteiger partial charge >= 0.3 is 0 Å². The van der Waals surface area contributed by atoms with Crippen LogP contribution in [0.25, 0.3) is 10.2 Å². The lowest BCUT2D eigenvalue weighted by Gasteiger charge is -2.23. The van der Waals surface area contributed by atoms with Crippen LogP contribution in [0.1, 0.15) is 36.7 Å². The van der Waals surface area contributed by atoms with Crippen molar-refractivity contribution in [3.05, 3.63) is 64.9 Å². The van der Waals surface area contributed by atoms with E-state index in [0.29, 0.717) is 12.4 Å². The van der Waals surface area contributed by atoms with E-state index in [1.54, 1.807) is 11.3 Å². The fourth-order valence-corrected chi connectivity index (χ4v) is 6.02. The monoisotopic (exact) mass is 471 g/mol. The van der Waals surface area contributed by atoms with Gasteiger partial charge in [0, 0.05) is 33.5 Å². The number of carbonyl (C=O) groups is 2. The first-order valence-electron chi connectivity index (χ1n) is 11.4. The zero-order valence-electron chi connectivity index (χ0n) is 19.2. The van der Waals surface area contributed by atoms with Crippen molar-refractivity contribution in [2.45, 2.75) is 31.7 Å².